The Morgan fingerprint density at radius 1 is 0.667 bits per heavy atom. The molecule has 0 saturated heterocycles. The first-order valence-corrected chi connectivity index (χ1v) is 12.5. The molecule has 0 radical (unpaired) electrons. The summed E-state index contributed by atoms with van der Waals surface area (Å²) in [5.41, 5.74) is 0. The molecule has 158 valence electrons. The molecule has 0 fully saturated rings. The normalized spacial score (nSPS) is 12.7. The second-order valence-electron chi connectivity index (χ2n) is 7.72. The first-order chi connectivity index (χ1) is 12.5. The van der Waals surface area contributed by atoms with Gasteiger partial charge in [0, 0.05) is 11.9 Å². The molecule has 1 N–H and O–H groups in total. The maximum atomic E-state index is 11.1. The van der Waals surface area contributed by atoms with Gasteiger partial charge in [0.05, 0.1) is 10.1 Å². The summed E-state index contributed by atoms with van der Waals surface area (Å²) in [6.07, 6.45) is 20.1. The van der Waals surface area contributed by atoms with Gasteiger partial charge in [-0.05, 0) is 19.3 Å². The van der Waals surface area contributed by atoms with Crippen LogP contribution in [0.1, 0.15) is 122 Å². The first-order valence-electron chi connectivity index (χ1n) is 11.1. The fourth-order valence-corrected chi connectivity index (χ4v) is 4.52. The van der Waals surface area contributed by atoms with Crippen molar-refractivity contribution in [2.24, 2.45) is 0 Å². The van der Waals surface area contributed by atoms with Gasteiger partial charge in [-0.2, -0.15) is 0 Å². The fourth-order valence-electron chi connectivity index (χ4n) is 3.54. The molecule has 1 unspecified atom stereocenters. The zero-order valence-electron chi connectivity index (χ0n) is 18.1. The minimum absolute atomic E-state index is 0. The van der Waals surface area contributed by atoms with Crippen LogP contribution in [0, 0.1) is 0 Å². The van der Waals surface area contributed by atoms with Gasteiger partial charge in [-0.15, -0.1) is 0 Å². The average molecular weight is 415 g/mol. The van der Waals surface area contributed by atoms with Crippen molar-refractivity contribution in [1.82, 2.24) is 0 Å². The molecule has 0 aliphatic carbocycles. The van der Waals surface area contributed by atoms with E-state index in [4.69, 9.17) is 5.11 Å². The molecule has 0 heterocycles. The summed E-state index contributed by atoms with van der Waals surface area (Å²) in [4.78, 5) is 0. The van der Waals surface area contributed by atoms with E-state index in [0.29, 0.717) is 19.4 Å². The van der Waals surface area contributed by atoms with Crippen LogP contribution in [-0.2, 0) is 10.1 Å². The van der Waals surface area contributed by atoms with E-state index in [1.54, 1.807) is 0 Å². The molecule has 0 aliphatic heterocycles. The Morgan fingerprint density at radius 3 is 1.30 bits per heavy atom. The second kappa shape index (κ2) is 21.6. The maximum absolute atomic E-state index is 11.1. The van der Waals surface area contributed by atoms with Crippen molar-refractivity contribution in [3.05, 3.63) is 0 Å². The Bertz CT molecular complexity index is 388. The zero-order valence-corrected chi connectivity index (χ0v) is 20.9. The molecule has 0 aliphatic rings. The number of rotatable bonds is 20. The van der Waals surface area contributed by atoms with Crippen LogP contribution in [0.15, 0.2) is 0 Å². The van der Waals surface area contributed by atoms with Crippen molar-refractivity contribution in [3.8, 4) is 0 Å². The first kappa shape index (κ1) is 30.1. The zero-order chi connectivity index (χ0) is 19.5. The smallest absolute Gasteiger partial charge is 0.748 e. The summed E-state index contributed by atoms with van der Waals surface area (Å²) in [6.45, 7) is 2.26. The fraction of sp³-hybridized carbons (Fsp3) is 1.00. The van der Waals surface area contributed by atoms with Crippen molar-refractivity contribution < 1.29 is 47.6 Å². The van der Waals surface area contributed by atoms with E-state index in [1.165, 1.54) is 70.6 Å². The van der Waals surface area contributed by atoms with E-state index in [9.17, 15) is 13.0 Å². The molecule has 0 saturated carbocycles. The van der Waals surface area contributed by atoms with Crippen molar-refractivity contribution in [3.63, 3.8) is 0 Å². The monoisotopic (exact) mass is 414 g/mol. The molecule has 1 atom stereocenters. The number of aliphatic hydroxyl groups excluding tert-OH is 1. The van der Waals surface area contributed by atoms with Crippen LogP contribution >= 0.6 is 0 Å². The summed E-state index contributed by atoms with van der Waals surface area (Å²) in [7, 11) is -4.11. The van der Waals surface area contributed by atoms with E-state index < -0.39 is 15.4 Å². The minimum Gasteiger partial charge on any atom is -0.748 e. The van der Waals surface area contributed by atoms with E-state index in [0.717, 1.165) is 32.1 Å². The van der Waals surface area contributed by atoms with Gasteiger partial charge in [-0.3, -0.25) is 0 Å². The minimum atomic E-state index is -4.11. The molecule has 0 bridgehead atoms. The van der Waals surface area contributed by atoms with Crippen LogP contribution in [0.3, 0.4) is 0 Å². The Morgan fingerprint density at radius 2 is 1.00 bits per heavy atom. The van der Waals surface area contributed by atoms with Crippen LogP contribution in [0.5, 0.6) is 0 Å². The summed E-state index contributed by atoms with van der Waals surface area (Å²) in [5.74, 6) is 0. The molecule has 0 aromatic carbocycles. The predicted octanol–water partition coefficient (Wildman–Crippen LogP) is 2.94. The standard InChI is InChI=1S/C21H44O4S.Na/c1-2-18-21(26(23,24)25)19-16-14-12-10-8-6-4-3-5-7-9-11-13-15-17-20-22;/h21-22H,2-20H2,1H3,(H,23,24,25);/q;+1/p-1. The Kier molecular flexibility index (Phi) is 24.0. The molecule has 0 spiro atoms. The molecule has 0 aromatic heterocycles. The van der Waals surface area contributed by atoms with Crippen LogP contribution < -0.4 is 29.6 Å². The van der Waals surface area contributed by atoms with Gasteiger partial charge in [0.1, 0.15) is 0 Å². The number of hydrogen-bond donors (Lipinski definition) is 1. The van der Waals surface area contributed by atoms with Gasteiger partial charge < -0.3 is 9.66 Å². The summed E-state index contributed by atoms with van der Waals surface area (Å²) in [6, 6.07) is 0. The Hall–Kier alpha value is 0.870. The topological polar surface area (TPSA) is 77.4 Å². The number of aliphatic hydroxyl groups is 1. The predicted molar refractivity (Wildman–Crippen MR) is 109 cm³/mol. The van der Waals surface area contributed by atoms with Crippen molar-refractivity contribution in [1.29, 1.82) is 0 Å². The Balaban J connectivity index is 0. The molecule has 0 aromatic rings. The largest absolute Gasteiger partial charge is 1.00 e. The van der Waals surface area contributed by atoms with Gasteiger partial charge in [0.15, 0.2) is 0 Å². The molecule has 27 heavy (non-hydrogen) atoms. The Labute approximate surface area is 191 Å². The molecule has 0 amide bonds. The second-order valence-corrected chi connectivity index (χ2v) is 9.37. The third kappa shape index (κ3) is 21.4. The molecule has 4 nitrogen and oxygen atoms in total. The van der Waals surface area contributed by atoms with E-state index in [-0.39, 0.29) is 29.6 Å². The third-order valence-corrected chi connectivity index (χ3v) is 6.49. The summed E-state index contributed by atoms with van der Waals surface area (Å²) >= 11 is 0. The van der Waals surface area contributed by atoms with Crippen LogP contribution in [0.2, 0.25) is 0 Å². The molecule has 6 heteroatoms. The van der Waals surface area contributed by atoms with Crippen LogP contribution in [-0.4, -0.2) is 29.9 Å². The summed E-state index contributed by atoms with van der Waals surface area (Å²) in [5, 5.41) is 8.04. The molecular formula is C21H43NaO4S. The van der Waals surface area contributed by atoms with Gasteiger partial charge in [-0.25, -0.2) is 8.42 Å². The SMILES string of the molecule is CCCC(CCCCCCCCCCCCCCCCCO)S(=O)(=O)[O-].[Na+]. The quantitative estimate of drug-likeness (QED) is 0.189. The van der Waals surface area contributed by atoms with Gasteiger partial charge >= 0.3 is 29.6 Å². The summed E-state index contributed by atoms with van der Waals surface area (Å²) < 4.78 is 33.4. The van der Waals surface area contributed by atoms with Crippen LogP contribution in [0.4, 0.5) is 0 Å². The number of unbranched alkanes of at least 4 members (excludes halogenated alkanes) is 14. The van der Waals surface area contributed by atoms with Crippen molar-refractivity contribution >= 4 is 10.1 Å². The molecule has 0 rings (SSSR count). The van der Waals surface area contributed by atoms with Gasteiger partial charge in [0.2, 0.25) is 0 Å². The van der Waals surface area contributed by atoms with E-state index in [2.05, 4.69) is 0 Å². The van der Waals surface area contributed by atoms with E-state index in [1.807, 2.05) is 6.92 Å². The van der Waals surface area contributed by atoms with Crippen molar-refractivity contribution in [2.75, 3.05) is 6.61 Å². The maximum Gasteiger partial charge on any atom is 1.00 e. The number of hydrogen-bond acceptors (Lipinski definition) is 4. The average Bonchev–Trinajstić information content (AvgIpc) is 2.59. The van der Waals surface area contributed by atoms with Crippen LogP contribution in [0.25, 0.3) is 0 Å². The molecular weight excluding hydrogens is 371 g/mol. The third-order valence-electron chi connectivity index (χ3n) is 5.20. The van der Waals surface area contributed by atoms with Crippen molar-refractivity contribution in [2.45, 2.75) is 128 Å². The van der Waals surface area contributed by atoms with Gasteiger partial charge in [0.25, 0.3) is 0 Å². The van der Waals surface area contributed by atoms with E-state index >= 15 is 0 Å². The van der Waals surface area contributed by atoms with Gasteiger partial charge in [-0.1, -0.05) is 103 Å².